The van der Waals surface area contributed by atoms with Gasteiger partial charge in [-0.05, 0) is 129 Å². The number of nitrogens with zero attached hydrogens (tertiary/aromatic N) is 1. The zero-order valence-electron chi connectivity index (χ0n) is 32.7. The first kappa shape index (κ1) is 37.6. The first-order valence-electron chi connectivity index (χ1n) is 20.2. The van der Waals surface area contributed by atoms with Crippen LogP contribution < -0.4 is 5.32 Å². The van der Waals surface area contributed by atoms with Crippen LogP contribution in [-0.2, 0) is 28.8 Å². The largest absolute Gasteiger partial charge is 0.461 e. The number of allylic oxidation sites excluding steroid dienone is 2. The zero-order chi connectivity index (χ0) is 36.6. The van der Waals surface area contributed by atoms with Crippen LogP contribution in [0.4, 0.5) is 0 Å². The highest BCUT2D eigenvalue weighted by atomic mass is 32.2. The minimum absolute atomic E-state index is 0.0351. The summed E-state index contributed by atoms with van der Waals surface area (Å²) >= 11 is 0. The lowest BCUT2D eigenvalue weighted by Crippen LogP contribution is -2.65. The number of rotatable bonds is 8. The summed E-state index contributed by atoms with van der Waals surface area (Å²) in [5.74, 6) is 2.61. The number of esters is 1. The lowest BCUT2D eigenvalue weighted by molar-refractivity contribution is -0.227. The summed E-state index contributed by atoms with van der Waals surface area (Å²) in [4.78, 5) is 14.9. The summed E-state index contributed by atoms with van der Waals surface area (Å²) in [6.45, 7) is 24.3. The Morgan fingerprint density at radius 2 is 1.67 bits per heavy atom. The van der Waals surface area contributed by atoms with Gasteiger partial charge in [0.15, 0.2) is 9.84 Å². The molecule has 0 aromatic carbocycles. The monoisotopic (exact) mass is 726 g/mol. The van der Waals surface area contributed by atoms with Crippen LogP contribution >= 0.6 is 0 Å². The summed E-state index contributed by atoms with van der Waals surface area (Å²) in [5, 5.41) is 4.20. The van der Waals surface area contributed by atoms with E-state index in [4.69, 9.17) is 14.2 Å². The second kappa shape index (κ2) is 13.3. The van der Waals surface area contributed by atoms with Crippen molar-refractivity contribution in [2.75, 3.05) is 50.9 Å². The number of nitrogens with one attached hydrogen (secondary N) is 1. The smallest absolute Gasteiger partial charge is 0.379 e. The fraction of sp³-hybridized carbons (Fsp3) is 0.833. The molecule has 0 bridgehead atoms. The highest BCUT2D eigenvalue weighted by Gasteiger charge is 2.66. The standard InChI is InChI=1S/C42H66N2O6S/c1-9-48-37(45)41(8)49-26-29(27-50-41)31-15-16-40(7)33-10-11-34-36-30(28(2)3)14-17-42(36,43-20-21-44-22-24-51(46,47)25-23-44)19-18-39(34,6)32(33)12-13-35(40)38(31,4)5/h15,26,30,32-36,43H,2,9-14,16-25,27H2,1,3-8H3/t30-,32?,33-,34+,35-,36+,39-,40+,41?,42-/m0/s1. The maximum Gasteiger partial charge on any atom is 0.379 e. The van der Waals surface area contributed by atoms with Gasteiger partial charge in [-0.1, -0.05) is 45.9 Å². The molecule has 2 unspecified atom stereocenters. The molecular formula is C42H66N2O6S. The number of carbonyl (C=O) groups is 1. The molecular weight excluding hydrogens is 661 g/mol. The van der Waals surface area contributed by atoms with E-state index in [1.807, 2.05) is 0 Å². The van der Waals surface area contributed by atoms with Gasteiger partial charge in [0.05, 0.1) is 31.0 Å². The molecule has 0 aromatic heterocycles. The number of hydrogen-bond donors (Lipinski definition) is 1. The Balaban J connectivity index is 1.09. The van der Waals surface area contributed by atoms with Gasteiger partial charge in [-0.3, -0.25) is 0 Å². The Labute approximate surface area is 308 Å². The molecule has 51 heavy (non-hydrogen) atoms. The highest BCUT2D eigenvalue weighted by molar-refractivity contribution is 7.91. The molecule has 9 heteroatoms. The predicted molar refractivity (Wildman–Crippen MR) is 201 cm³/mol. The SMILES string of the molecule is C=C(C)[C@@H]1CC[C@]2(NCCN3CCS(=O)(=O)CC3)CC[C@@]3(C)C4CC[C@H]5C(C)(C)C(C6=COC(C)(C(=O)OCC)OC6)=CC[C@]5(C)[C@H]4CC[C@@H]3[C@@H]12. The molecule has 1 saturated heterocycles. The van der Waals surface area contributed by atoms with Crippen molar-refractivity contribution in [3.8, 4) is 0 Å². The number of sulfone groups is 1. The average molecular weight is 727 g/mol. The van der Waals surface area contributed by atoms with Crippen molar-refractivity contribution in [2.45, 2.75) is 118 Å². The Morgan fingerprint density at radius 1 is 0.980 bits per heavy atom. The lowest BCUT2D eigenvalue weighted by Gasteiger charge is -2.68. The van der Waals surface area contributed by atoms with Crippen LogP contribution in [0.2, 0.25) is 0 Å². The molecule has 7 rings (SSSR count). The Hall–Kier alpha value is -1.68. The van der Waals surface area contributed by atoms with E-state index in [9.17, 15) is 13.2 Å². The molecule has 0 aromatic rings. The van der Waals surface area contributed by atoms with Crippen molar-refractivity contribution in [1.82, 2.24) is 10.2 Å². The minimum atomic E-state index is -2.86. The molecule has 2 heterocycles. The normalized spacial score (nSPS) is 44.4. The number of hydrogen-bond acceptors (Lipinski definition) is 8. The van der Waals surface area contributed by atoms with E-state index >= 15 is 0 Å². The van der Waals surface area contributed by atoms with Crippen molar-refractivity contribution >= 4 is 15.8 Å². The zero-order valence-corrected chi connectivity index (χ0v) is 33.5. The quantitative estimate of drug-likeness (QED) is 0.210. The molecule has 5 aliphatic carbocycles. The molecule has 7 aliphatic rings. The van der Waals surface area contributed by atoms with Crippen LogP contribution in [-0.4, -0.2) is 81.5 Å². The highest BCUT2D eigenvalue weighted by Crippen LogP contribution is 2.72. The second-order valence-electron chi connectivity index (χ2n) is 18.9. The summed E-state index contributed by atoms with van der Waals surface area (Å²) in [6.07, 6.45) is 15.5. The van der Waals surface area contributed by atoms with E-state index in [1.54, 1.807) is 20.1 Å². The van der Waals surface area contributed by atoms with E-state index in [1.165, 1.54) is 62.5 Å². The fourth-order valence-corrected chi connectivity index (χ4v) is 14.8. The first-order valence-corrected chi connectivity index (χ1v) is 22.0. The van der Waals surface area contributed by atoms with Gasteiger partial charge >= 0.3 is 11.8 Å². The predicted octanol–water partition coefficient (Wildman–Crippen LogP) is 7.07. The van der Waals surface area contributed by atoms with Crippen molar-refractivity contribution < 1.29 is 27.4 Å². The summed E-state index contributed by atoms with van der Waals surface area (Å²) in [5.41, 5.74) is 4.43. The molecule has 1 N–H and O–H groups in total. The van der Waals surface area contributed by atoms with Gasteiger partial charge in [0.1, 0.15) is 0 Å². The van der Waals surface area contributed by atoms with Crippen molar-refractivity contribution in [3.63, 3.8) is 0 Å². The Kier molecular flexibility index (Phi) is 9.79. The van der Waals surface area contributed by atoms with E-state index in [2.05, 4.69) is 57.5 Å². The average Bonchev–Trinajstić information content (AvgIpc) is 3.46. The molecule has 286 valence electrons. The summed E-state index contributed by atoms with van der Waals surface area (Å²) in [7, 11) is -2.86. The van der Waals surface area contributed by atoms with E-state index in [0.29, 0.717) is 72.8 Å². The molecule has 10 atom stereocenters. The molecule has 0 radical (unpaired) electrons. The van der Waals surface area contributed by atoms with Crippen molar-refractivity contribution in [1.29, 1.82) is 0 Å². The third-order valence-corrected chi connectivity index (χ3v) is 17.7. The lowest BCUT2D eigenvalue weighted by atomic mass is 9.37. The third kappa shape index (κ3) is 6.20. The van der Waals surface area contributed by atoms with Crippen molar-refractivity contribution in [3.05, 3.63) is 35.6 Å². The number of carbonyl (C=O) groups excluding carboxylic acids is 1. The molecule has 2 aliphatic heterocycles. The van der Waals surface area contributed by atoms with Gasteiger partial charge in [-0.25, -0.2) is 13.2 Å². The number of fused-ring (bicyclic) bond motifs is 7. The maximum absolute atomic E-state index is 12.5. The fourth-order valence-electron chi connectivity index (χ4n) is 13.5. The minimum Gasteiger partial charge on any atom is -0.461 e. The molecule has 5 fully saturated rings. The first-order chi connectivity index (χ1) is 24.0. The van der Waals surface area contributed by atoms with Gasteiger partial charge < -0.3 is 24.4 Å². The van der Waals surface area contributed by atoms with E-state index in [0.717, 1.165) is 31.0 Å². The summed E-state index contributed by atoms with van der Waals surface area (Å²) < 4.78 is 41.3. The van der Waals surface area contributed by atoms with Gasteiger partial charge in [-0.2, -0.15) is 0 Å². The van der Waals surface area contributed by atoms with Crippen LogP contribution in [0.5, 0.6) is 0 Å². The molecule has 4 saturated carbocycles. The van der Waals surface area contributed by atoms with Gasteiger partial charge in [0.25, 0.3) is 0 Å². The van der Waals surface area contributed by atoms with Gasteiger partial charge in [0.2, 0.25) is 0 Å². The van der Waals surface area contributed by atoms with Crippen LogP contribution in [0.1, 0.15) is 106 Å². The van der Waals surface area contributed by atoms with Crippen LogP contribution in [0, 0.1) is 51.8 Å². The van der Waals surface area contributed by atoms with Crippen LogP contribution in [0.25, 0.3) is 0 Å². The molecule has 0 amide bonds. The summed E-state index contributed by atoms with van der Waals surface area (Å²) in [6, 6.07) is 0. The van der Waals surface area contributed by atoms with Crippen molar-refractivity contribution in [2.24, 2.45) is 51.8 Å². The number of ether oxygens (including phenoxy) is 3. The van der Waals surface area contributed by atoms with E-state index in [-0.39, 0.29) is 16.4 Å². The Morgan fingerprint density at radius 3 is 2.33 bits per heavy atom. The Bertz CT molecular complexity index is 1560. The molecule has 8 nitrogen and oxygen atoms in total. The maximum atomic E-state index is 12.5. The van der Waals surface area contributed by atoms with Crippen LogP contribution in [0.3, 0.4) is 0 Å². The third-order valence-electron chi connectivity index (χ3n) is 16.1. The van der Waals surface area contributed by atoms with E-state index < -0.39 is 21.6 Å². The van der Waals surface area contributed by atoms with Gasteiger partial charge in [-0.15, -0.1) is 0 Å². The topological polar surface area (TPSA) is 94.2 Å². The second-order valence-corrected chi connectivity index (χ2v) is 21.2. The molecule has 0 spiro atoms. The van der Waals surface area contributed by atoms with Gasteiger partial charge in [0, 0.05) is 44.2 Å². The van der Waals surface area contributed by atoms with Crippen LogP contribution in [0.15, 0.2) is 35.6 Å².